The lowest BCUT2D eigenvalue weighted by Crippen LogP contribution is -2.49. The van der Waals surface area contributed by atoms with Crippen LogP contribution in [0.4, 0.5) is 5.69 Å². The fraction of sp³-hybridized carbons (Fsp3) is 0.304. The Hall–Kier alpha value is -2.73. The molecule has 158 valence electrons. The second-order valence-corrected chi connectivity index (χ2v) is 6.79. The van der Waals surface area contributed by atoms with Crippen LogP contribution >= 0.6 is 24.0 Å². The minimum Gasteiger partial charge on any atom is -0.490 e. The van der Waals surface area contributed by atoms with Gasteiger partial charge in [-0.25, -0.2) is 0 Å². The van der Waals surface area contributed by atoms with Crippen molar-refractivity contribution >= 4 is 41.5 Å². The molecule has 0 atom stereocenters. The largest absolute Gasteiger partial charge is 0.490 e. The molecule has 1 heterocycles. The number of rotatable bonds is 5. The van der Waals surface area contributed by atoms with E-state index in [1.165, 1.54) is 0 Å². The van der Waals surface area contributed by atoms with E-state index in [-0.39, 0.29) is 42.5 Å². The molecule has 3 rings (SSSR count). The van der Waals surface area contributed by atoms with Crippen LogP contribution in [0.2, 0.25) is 0 Å². The van der Waals surface area contributed by atoms with Crippen LogP contribution in [0.5, 0.6) is 5.75 Å². The summed E-state index contributed by atoms with van der Waals surface area (Å²) < 4.78 is 6.04. The lowest BCUT2D eigenvalue weighted by atomic mass is 10.1. The molecule has 0 unspecified atom stereocenters. The molecule has 0 saturated carbocycles. The molecule has 1 aliphatic heterocycles. The van der Waals surface area contributed by atoms with Gasteiger partial charge in [-0.3, -0.25) is 9.79 Å². The highest BCUT2D eigenvalue weighted by Crippen LogP contribution is 2.18. The van der Waals surface area contributed by atoms with Gasteiger partial charge in [-0.2, -0.15) is 0 Å². The summed E-state index contributed by atoms with van der Waals surface area (Å²) in [5.41, 5.74) is 1.41. The van der Waals surface area contributed by atoms with Crippen molar-refractivity contribution in [3.8, 4) is 18.1 Å². The van der Waals surface area contributed by atoms with Gasteiger partial charge in [-0.15, -0.1) is 30.4 Å². The number of para-hydroxylation sites is 1. The van der Waals surface area contributed by atoms with E-state index in [1.807, 2.05) is 48.5 Å². The maximum absolute atomic E-state index is 12.3. The highest BCUT2D eigenvalue weighted by atomic mass is 127. The average Bonchev–Trinajstić information content (AvgIpc) is 2.76. The van der Waals surface area contributed by atoms with E-state index in [2.05, 4.69) is 26.4 Å². The summed E-state index contributed by atoms with van der Waals surface area (Å²) in [6.45, 7) is 1.78. The third-order valence-corrected chi connectivity index (χ3v) is 4.72. The zero-order valence-corrected chi connectivity index (χ0v) is 19.3. The van der Waals surface area contributed by atoms with Crippen LogP contribution in [0.15, 0.2) is 59.6 Å². The number of terminal acetylenes is 1. The van der Waals surface area contributed by atoms with E-state index >= 15 is 0 Å². The first-order valence-electron chi connectivity index (χ1n) is 9.72. The quantitative estimate of drug-likeness (QED) is 0.276. The Kier molecular flexibility index (Phi) is 9.48. The molecular formula is C23H27IN4O2. The van der Waals surface area contributed by atoms with Crippen LogP contribution in [0.1, 0.15) is 18.4 Å². The molecule has 0 aromatic heterocycles. The van der Waals surface area contributed by atoms with Crippen molar-refractivity contribution < 1.29 is 9.53 Å². The number of halogens is 1. The van der Waals surface area contributed by atoms with Gasteiger partial charge < -0.3 is 20.3 Å². The fourth-order valence-corrected chi connectivity index (χ4v) is 3.26. The van der Waals surface area contributed by atoms with Crippen molar-refractivity contribution in [2.24, 2.45) is 4.99 Å². The number of carbonyl (C=O) groups is 1. The maximum Gasteiger partial charge on any atom is 0.243 e. The van der Waals surface area contributed by atoms with E-state index < -0.39 is 0 Å². The predicted octanol–water partition coefficient (Wildman–Crippen LogP) is 3.34. The minimum atomic E-state index is -0.150. The standard InChI is InChI=1S/C23H26N4O2.HI/c1-3-18-8-7-9-19(16-18)26-22(28)17-25-23(24-2)27-14-12-21(13-15-27)29-20-10-5-4-6-11-20;/h1,4-11,16,21H,12-15,17H2,2H3,(H,24,25)(H,26,28);1H. The average molecular weight is 518 g/mol. The molecular weight excluding hydrogens is 491 g/mol. The lowest BCUT2D eigenvalue weighted by molar-refractivity contribution is -0.115. The Labute approximate surface area is 195 Å². The summed E-state index contributed by atoms with van der Waals surface area (Å²) in [5.74, 6) is 4.03. The number of ether oxygens (including phenoxy) is 1. The van der Waals surface area contributed by atoms with Crippen molar-refractivity contribution in [2.75, 3.05) is 32.0 Å². The Morgan fingerprint density at radius 1 is 1.20 bits per heavy atom. The number of carbonyl (C=O) groups excluding carboxylic acids is 1. The Morgan fingerprint density at radius 2 is 1.93 bits per heavy atom. The minimum absolute atomic E-state index is 0. The molecule has 7 heteroatoms. The van der Waals surface area contributed by atoms with Gasteiger partial charge >= 0.3 is 0 Å². The second kappa shape index (κ2) is 12.1. The third kappa shape index (κ3) is 6.95. The molecule has 2 aromatic carbocycles. The number of hydrogen-bond donors (Lipinski definition) is 2. The number of aliphatic imine (C=N–C) groups is 1. The first-order chi connectivity index (χ1) is 14.2. The van der Waals surface area contributed by atoms with Crippen molar-refractivity contribution in [1.82, 2.24) is 10.2 Å². The highest BCUT2D eigenvalue weighted by Gasteiger charge is 2.23. The zero-order chi connectivity index (χ0) is 20.5. The number of nitrogens with zero attached hydrogens (tertiary/aromatic N) is 2. The summed E-state index contributed by atoms with van der Waals surface area (Å²) >= 11 is 0. The van der Waals surface area contributed by atoms with Crippen molar-refractivity contribution in [3.63, 3.8) is 0 Å². The van der Waals surface area contributed by atoms with E-state index in [1.54, 1.807) is 13.1 Å². The summed E-state index contributed by atoms with van der Waals surface area (Å²) in [4.78, 5) is 18.7. The van der Waals surface area contributed by atoms with E-state index in [0.717, 1.165) is 43.2 Å². The van der Waals surface area contributed by atoms with E-state index in [0.29, 0.717) is 5.69 Å². The Balaban J connectivity index is 0.00000320. The second-order valence-electron chi connectivity index (χ2n) is 6.79. The molecule has 1 amide bonds. The first-order valence-corrected chi connectivity index (χ1v) is 9.72. The molecule has 0 radical (unpaired) electrons. The molecule has 2 N–H and O–H groups in total. The van der Waals surface area contributed by atoms with Crippen molar-refractivity contribution in [1.29, 1.82) is 0 Å². The number of nitrogens with one attached hydrogen (secondary N) is 2. The van der Waals surface area contributed by atoms with Gasteiger partial charge in [0.2, 0.25) is 5.91 Å². The number of guanidine groups is 1. The van der Waals surface area contributed by atoms with Crippen LogP contribution in [0, 0.1) is 12.3 Å². The predicted molar refractivity (Wildman–Crippen MR) is 131 cm³/mol. The smallest absolute Gasteiger partial charge is 0.243 e. The van der Waals surface area contributed by atoms with Gasteiger partial charge in [0.15, 0.2) is 5.96 Å². The van der Waals surface area contributed by atoms with Gasteiger partial charge in [-0.05, 0) is 30.3 Å². The van der Waals surface area contributed by atoms with Crippen LogP contribution in [-0.4, -0.2) is 49.6 Å². The zero-order valence-electron chi connectivity index (χ0n) is 17.0. The van der Waals surface area contributed by atoms with Gasteiger partial charge in [0, 0.05) is 44.2 Å². The summed E-state index contributed by atoms with van der Waals surface area (Å²) in [6, 6.07) is 17.1. The molecule has 1 fully saturated rings. The van der Waals surface area contributed by atoms with Gasteiger partial charge in [-0.1, -0.05) is 30.2 Å². The van der Waals surface area contributed by atoms with Crippen LogP contribution in [0.25, 0.3) is 0 Å². The molecule has 6 nitrogen and oxygen atoms in total. The first kappa shape index (κ1) is 23.5. The molecule has 0 spiro atoms. The fourth-order valence-electron chi connectivity index (χ4n) is 3.26. The molecule has 1 aliphatic rings. The monoisotopic (exact) mass is 518 g/mol. The maximum atomic E-state index is 12.3. The summed E-state index contributed by atoms with van der Waals surface area (Å²) in [5, 5.41) is 5.98. The number of likely N-dealkylation sites (tertiary alicyclic amines) is 1. The molecule has 0 aliphatic carbocycles. The number of hydrogen-bond acceptors (Lipinski definition) is 3. The lowest BCUT2D eigenvalue weighted by Gasteiger charge is -2.34. The van der Waals surface area contributed by atoms with Gasteiger partial charge in [0.1, 0.15) is 11.9 Å². The van der Waals surface area contributed by atoms with Gasteiger partial charge in [0.05, 0.1) is 6.54 Å². The number of piperidine rings is 1. The van der Waals surface area contributed by atoms with Crippen molar-refractivity contribution in [2.45, 2.75) is 18.9 Å². The molecule has 2 aromatic rings. The van der Waals surface area contributed by atoms with Gasteiger partial charge in [0.25, 0.3) is 0 Å². The Morgan fingerprint density at radius 3 is 2.60 bits per heavy atom. The number of anilines is 1. The molecule has 1 saturated heterocycles. The normalized spacial score (nSPS) is 14.3. The number of benzene rings is 2. The van der Waals surface area contributed by atoms with Crippen LogP contribution in [-0.2, 0) is 4.79 Å². The summed E-state index contributed by atoms with van der Waals surface area (Å²) in [6.07, 6.45) is 7.40. The third-order valence-electron chi connectivity index (χ3n) is 4.72. The summed E-state index contributed by atoms with van der Waals surface area (Å²) in [7, 11) is 1.73. The van der Waals surface area contributed by atoms with Crippen LogP contribution in [0.3, 0.4) is 0 Å². The number of amides is 1. The Bertz CT molecular complexity index is 888. The topological polar surface area (TPSA) is 66.0 Å². The molecule has 0 bridgehead atoms. The highest BCUT2D eigenvalue weighted by molar-refractivity contribution is 14.0. The SMILES string of the molecule is C#Cc1cccc(NC(=O)CNC(=NC)N2CCC(Oc3ccccc3)CC2)c1.I. The van der Waals surface area contributed by atoms with Crippen LogP contribution < -0.4 is 15.4 Å². The van der Waals surface area contributed by atoms with E-state index in [4.69, 9.17) is 11.2 Å². The van der Waals surface area contributed by atoms with E-state index in [9.17, 15) is 4.79 Å². The van der Waals surface area contributed by atoms with Crippen molar-refractivity contribution in [3.05, 3.63) is 60.2 Å². The molecule has 30 heavy (non-hydrogen) atoms.